The summed E-state index contributed by atoms with van der Waals surface area (Å²) in [5, 5.41) is 8.44. The van der Waals surface area contributed by atoms with E-state index in [1.54, 1.807) is 30.5 Å². The number of rotatable bonds is 5. The van der Waals surface area contributed by atoms with Gasteiger partial charge in [-0.25, -0.2) is 0 Å². The maximum atomic E-state index is 12.3. The molecule has 0 amide bonds. The van der Waals surface area contributed by atoms with Gasteiger partial charge in [-0.1, -0.05) is 30.0 Å². The Morgan fingerprint density at radius 3 is 2.68 bits per heavy atom. The van der Waals surface area contributed by atoms with Crippen molar-refractivity contribution < 1.29 is 8.78 Å². The van der Waals surface area contributed by atoms with Crippen LogP contribution in [0.3, 0.4) is 0 Å². The first-order valence-corrected chi connectivity index (χ1v) is 8.61. The second-order valence-corrected chi connectivity index (χ2v) is 6.49. The summed E-state index contributed by atoms with van der Waals surface area (Å²) in [6.07, 6.45) is 3.54. The van der Waals surface area contributed by atoms with Crippen LogP contribution in [0.2, 0.25) is 0 Å². The zero-order chi connectivity index (χ0) is 17.6. The van der Waals surface area contributed by atoms with E-state index in [2.05, 4.69) is 20.8 Å². The van der Waals surface area contributed by atoms with E-state index in [9.17, 15) is 8.78 Å². The predicted octanol–water partition coefficient (Wildman–Crippen LogP) is 4.80. The summed E-state index contributed by atoms with van der Waals surface area (Å²) in [6, 6.07) is 14.5. The van der Waals surface area contributed by atoms with Gasteiger partial charge in [0.2, 0.25) is 0 Å². The highest BCUT2D eigenvalue weighted by Gasteiger charge is 2.05. The quantitative estimate of drug-likeness (QED) is 0.259. The molecule has 1 aromatic heterocycles. The van der Waals surface area contributed by atoms with Crippen molar-refractivity contribution in [3.05, 3.63) is 60.3 Å². The molecule has 0 aliphatic rings. The molecule has 1 heterocycles. The van der Waals surface area contributed by atoms with Gasteiger partial charge in [0.15, 0.2) is 5.11 Å². The molecule has 0 aliphatic carbocycles. The second-order valence-electron chi connectivity index (χ2n) is 5.02. The lowest BCUT2D eigenvalue weighted by atomic mass is 10.2. The summed E-state index contributed by atoms with van der Waals surface area (Å²) in [5.74, 6) is -2.43. The van der Waals surface area contributed by atoms with E-state index in [1.165, 1.54) is 0 Å². The average Bonchev–Trinajstić information content (AvgIpc) is 3.00. The number of fused-ring (bicyclic) bond motifs is 1. The van der Waals surface area contributed by atoms with Gasteiger partial charge >= 0.3 is 0 Å². The van der Waals surface area contributed by atoms with Gasteiger partial charge in [-0.2, -0.15) is 13.9 Å². The Morgan fingerprint density at radius 2 is 1.92 bits per heavy atom. The molecule has 8 heteroatoms. The number of nitrogens with zero attached hydrogens (tertiary/aromatic N) is 1. The molecular formula is C17H14F2N4S2. The van der Waals surface area contributed by atoms with Crippen LogP contribution in [0.4, 0.5) is 14.5 Å². The first-order chi connectivity index (χ1) is 12.1. The van der Waals surface area contributed by atoms with Gasteiger partial charge in [-0.05, 0) is 42.5 Å². The Kier molecular flexibility index (Phi) is 5.62. The number of thioether (sulfide) groups is 1. The number of halogens is 2. The van der Waals surface area contributed by atoms with E-state index in [4.69, 9.17) is 12.2 Å². The SMILES string of the molecule is FC(F)Sc1ccc(NC(=S)N/N=C/c2c[nH]c3ccccc23)cc1. The minimum atomic E-state index is -2.43. The number of H-pyrrole nitrogens is 1. The normalized spacial score (nSPS) is 11.3. The number of aromatic nitrogens is 1. The zero-order valence-corrected chi connectivity index (χ0v) is 14.5. The van der Waals surface area contributed by atoms with Gasteiger partial charge in [-0.15, -0.1) is 0 Å². The Morgan fingerprint density at radius 1 is 1.16 bits per heavy atom. The molecule has 3 aromatic rings. The van der Waals surface area contributed by atoms with Gasteiger partial charge in [-0.3, -0.25) is 5.43 Å². The van der Waals surface area contributed by atoms with Crippen LogP contribution in [0.1, 0.15) is 5.56 Å². The molecule has 0 bridgehead atoms. The summed E-state index contributed by atoms with van der Waals surface area (Å²) < 4.78 is 24.6. The van der Waals surface area contributed by atoms with Crippen molar-refractivity contribution in [2.45, 2.75) is 10.7 Å². The number of thiocarbonyl (C=S) groups is 1. The van der Waals surface area contributed by atoms with Crippen molar-refractivity contribution in [1.82, 2.24) is 10.4 Å². The van der Waals surface area contributed by atoms with E-state index in [0.29, 0.717) is 27.5 Å². The summed E-state index contributed by atoms with van der Waals surface area (Å²) in [7, 11) is 0. The molecule has 4 nitrogen and oxygen atoms in total. The van der Waals surface area contributed by atoms with Crippen molar-refractivity contribution in [3.8, 4) is 0 Å². The molecule has 128 valence electrons. The zero-order valence-electron chi connectivity index (χ0n) is 12.9. The van der Waals surface area contributed by atoms with Gasteiger partial charge in [0.25, 0.3) is 5.76 Å². The standard InChI is InChI=1S/C17H14F2N4S2/c18-16(19)25-13-7-5-12(6-8-13)22-17(24)23-21-10-11-9-20-15-4-2-1-3-14(11)15/h1-10,16,20H,(H2,22,23,24)/b21-10+. The van der Waals surface area contributed by atoms with Crippen LogP contribution < -0.4 is 10.7 Å². The third kappa shape index (κ3) is 4.77. The molecule has 0 atom stereocenters. The number of alkyl halides is 2. The number of hydrazone groups is 1. The Labute approximate surface area is 152 Å². The molecular weight excluding hydrogens is 362 g/mol. The number of benzene rings is 2. The lowest BCUT2D eigenvalue weighted by Gasteiger charge is -2.07. The predicted molar refractivity (Wildman–Crippen MR) is 104 cm³/mol. The molecule has 2 aromatic carbocycles. The average molecular weight is 376 g/mol. The minimum absolute atomic E-state index is 0.311. The number of anilines is 1. The van der Waals surface area contributed by atoms with Crippen molar-refractivity contribution in [2.75, 3.05) is 5.32 Å². The molecule has 0 fully saturated rings. The van der Waals surface area contributed by atoms with Crippen LogP contribution in [0.15, 0.2) is 64.7 Å². The molecule has 3 N–H and O–H groups in total. The molecule has 25 heavy (non-hydrogen) atoms. The molecule has 0 aliphatic heterocycles. The first kappa shape index (κ1) is 17.4. The molecule has 0 radical (unpaired) electrons. The topological polar surface area (TPSA) is 52.2 Å². The van der Waals surface area contributed by atoms with Crippen LogP contribution in [0.5, 0.6) is 0 Å². The molecule has 3 rings (SSSR count). The van der Waals surface area contributed by atoms with Crippen LogP contribution >= 0.6 is 24.0 Å². The highest BCUT2D eigenvalue weighted by molar-refractivity contribution is 7.99. The lowest BCUT2D eigenvalue weighted by molar-refractivity contribution is 0.252. The molecule has 0 unspecified atom stereocenters. The van der Waals surface area contributed by atoms with E-state index in [0.717, 1.165) is 16.5 Å². The van der Waals surface area contributed by atoms with Crippen LogP contribution in [-0.2, 0) is 0 Å². The maximum absolute atomic E-state index is 12.3. The monoisotopic (exact) mass is 376 g/mol. The van der Waals surface area contributed by atoms with E-state index >= 15 is 0 Å². The maximum Gasteiger partial charge on any atom is 0.288 e. The fraction of sp³-hybridized carbons (Fsp3) is 0.0588. The van der Waals surface area contributed by atoms with Crippen molar-refractivity contribution in [3.63, 3.8) is 0 Å². The number of para-hydroxylation sites is 1. The number of aromatic amines is 1. The Hall–Kier alpha value is -2.45. The molecule has 0 saturated heterocycles. The molecule has 0 spiro atoms. The first-order valence-electron chi connectivity index (χ1n) is 7.33. The molecule has 0 saturated carbocycles. The van der Waals surface area contributed by atoms with Gasteiger partial charge in [0.05, 0.1) is 6.21 Å². The highest BCUT2D eigenvalue weighted by atomic mass is 32.2. The summed E-state index contributed by atoms with van der Waals surface area (Å²) in [4.78, 5) is 3.66. The highest BCUT2D eigenvalue weighted by Crippen LogP contribution is 2.26. The largest absolute Gasteiger partial charge is 0.361 e. The Balaban J connectivity index is 1.55. The van der Waals surface area contributed by atoms with Crippen LogP contribution in [0.25, 0.3) is 10.9 Å². The van der Waals surface area contributed by atoms with Crippen molar-refractivity contribution in [2.24, 2.45) is 5.10 Å². The lowest BCUT2D eigenvalue weighted by Crippen LogP contribution is -2.23. The number of nitrogens with one attached hydrogen (secondary N) is 3. The van der Waals surface area contributed by atoms with Gasteiger partial charge in [0, 0.05) is 33.2 Å². The fourth-order valence-corrected chi connectivity index (χ4v) is 2.91. The van der Waals surface area contributed by atoms with E-state index in [-0.39, 0.29) is 0 Å². The van der Waals surface area contributed by atoms with Crippen LogP contribution in [-0.4, -0.2) is 22.1 Å². The summed E-state index contributed by atoms with van der Waals surface area (Å²) in [5.41, 5.74) is 5.40. The van der Waals surface area contributed by atoms with Crippen molar-refractivity contribution in [1.29, 1.82) is 0 Å². The van der Waals surface area contributed by atoms with E-state index < -0.39 is 5.76 Å². The third-order valence-corrected chi connectivity index (χ3v) is 4.24. The number of hydrogen-bond donors (Lipinski definition) is 3. The van der Waals surface area contributed by atoms with Crippen LogP contribution in [0, 0.1) is 0 Å². The van der Waals surface area contributed by atoms with Crippen molar-refractivity contribution >= 4 is 51.9 Å². The van der Waals surface area contributed by atoms with Gasteiger partial charge < -0.3 is 10.3 Å². The minimum Gasteiger partial charge on any atom is -0.361 e. The third-order valence-electron chi connectivity index (χ3n) is 3.33. The van der Waals surface area contributed by atoms with Gasteiger partial charge in [0.1, 0.15) is 0 Å². The smallest absolute Gasteiger partial charge is 0.288 e. The van der Waals surface area contributed by atoms with E-state index in [1.807, 2.05) is 30.5 Å². The Bertz CT molecular complexity index is 891. The fourth-order valence-electron chi connectivity index (χ4n) is 2.24. The summed E-state index contributed by atoms with van der Waals surface area (Å²) in [6.45, 7) is 0. The summed E-state index contributed by atoms with van der Waals surface area (Å²) >= 11 is 5.66. The second kappa shape index (κ2) is 8.09. The number of hydrogen-bond acceptors (Lipinski definition) is 3.